The Morgan fingerprint density at radius 3 is 2.85 bits per heavy atom. The van der Waals surface area contributed by atoms with Gasteiger partial charge >= 0.3 is 11.7 Å². The van der Waals surface area contributed by atoms with Crippen molar-refractivity contribution in [3.8, 4) is 0 Å². The van der Waals surface area contributed by atoms with E-state index in [1.807, 2.05) is 17.5 Å². The van der Waals surface area contributed by atoms with Crippen LogP contribution in [0.2, 0.25) is 0 Å². The van der Waals surface area contributed by atoms with Crippen molar-refractivity contribution in [1.82, 2.24) is 9.88 Å². The van der Waals surface area contributed by atoms with Crippen LogP contribution >= 0.6 is 11.3 Å². The van der Waals surface area contributed by atoms with Gasteiger partial charge in [0.15, 0.2) is 12.2 Å². The number of amides is 1. The van der Waals surface area contributed by atoms with Gasteiger partial charge in [-0.15, -0.1) is 11.3 Å². The lowest BCUT2D eigenvalue weighted by Gasteiger charge is -2.06. The quantitative estimate of drug-likeness (QED) is 0.609. The first-order chi connectivity index (χ1) is 12.6. The first-order valence-corrected chi connectivity index (χ1v) is 9.04. The van der Waals surface area contributed by atoms with E-state index in [1.165, 1.54) is 9.44 Å². The average molecular weight is 374 g/mol. The molecule has 0 aliphatic heterocycles. The molecule has 2 heterocycles. The van der Waals surface area contributed by atoms with E-state index in [4.69, 9.17) is 9.15 Å². The van der Waals surface area contributed by atoms with E-state index in [-0.39, 0.29) is 25.5 Å². The summed E-state index contributed by atoms with van der Waals surface area (Å²) < 4.78 is 11.4. The van der Waals surface area contributed by atoms with E-state index in [2.05, 4.69) is 5.32 Å². The summed E-state index contributed by atoms with van der Waals surface area (Å²) in [6, 6.07) is 10.9. The molecule has 1 amide bonds. The van der Waals surface area contributed by atoms with E-state index in [9.17, 15) is 14.4 Å². The van der Waals surface area contributed by atoms with E-state index in [0.717, 1.165) is 6.42 Å². The molecule has 136 valence electrons. The van der Waals surface area contributed by atoms with Crippen molar-refractivity contribution in [2.45, 2.75) is 19.4 Å². The SMILES string of the molecule is O=C(COC(=O)CCn1c(=O)oc2ccccc21)NCCc1cccs1. The number of carbonyl (C=O) groups is 2. The van der Waals surface area contributed by atoms with E-state index >= 15 is 0 Å². The lowest BCUT2D eigenvalue weighted by molar-refractivity contribution is -0.148. The summed E-state index contributed by atoms with van der Waals surface area (Å²) in [5.41, 5.74) is 1.09. The molecule has 1 aromatic carbocycles. The molecule has 0 spiro atoms. The number of aryl methyl sites for hydroxylation is 1. The van der Waals surface area contributed by atoms with Crippen LogP contribution in [-0.4, -0.2) is 29.6 Å². The minimum absolute atomic E-state index is 0.0219. The minimum Gasteiger partial charge on any atom is -0.456 e. The Morgan fingerprint density at radius 1 is 1.19 bits per heavy atom. The fourth-order valence-electron chi connectivity index (χ4n) is 2.48. The Kier molecular flexibility index (Phi) is 5.85. The molecule has 3 aromatic rings. The number of esters is 1. The van der Waals surface area contributed by atoms with Crippen LogP contribution in [0.3, 0.4) is 0 Å². The summed E-state index contributed by atoms with van der Waals surface area (Å²) in [4.78, 5) is 36.5. The molecule has 0 atom stereocenters. The van der Waals surface area contributed by atoms with E-state index < -0.39 is 11.7 Å². The summed E-state index contributed by atoms with van der Waals surface area (Å²) in [6.45, 7) is 0.298. The maximum absolute atomic E-state index is 11.8. The van der Waals surface area contributed by atoms with Crippen LogP contribution < -0.4 is 11.1 Å². The molecule has 7 nitrogen and oxygen atoms in total. The number of carbonyl (C=O) groups excluding carboxylic acids is 2. The highest BCUT2D eigenvalue weighted by Gasteiger charge is 2.12. The van der Waals surface area contributed by atoms with Gasteiger partial charge in [-0.25, -0.2) is 4.79 Å². The Labute approximate surface area is 153 Å². The van der Waals surface area contributed by atoms with Crippen LogP contribution in [-0.2, 0) is 27.3 Å². The zero-order valence-corrected chi connectivity index (χ0v) is 14.8. The standard InChI is InChI=1S/C18H18N2O5S/c21-16(19-9-7-13-4-3-11-26-13)12-24-17(22)8-10-20-14-5-1-2-6-15(14)25-18(20)23/h1-6,11H,7-10,12H2,(H,19,21). The van der Waals surface area contributed by atoms with Gasteiger partial charge in [0.1, 0.15) is 0 Å². The maximum atomic E-state index is 11.8. The van der Waals surface area contributed by atoms with Crippen LogP contribution in [0, 0.1) is 0 Å². The summed E-state index contributed by atoms with van der Waals surface area (Å²) in [6.07, 6.45) is 0.722. The highest BCUT2D eigenvalue weighted by Crippen LogP contribution is 2.12. The number of rotatable bonds is 8. The molecule has 0 saturated carbocycles. The predicted molar refractivity (Wildman–Crippen MR) is 97.1 cm³/mol. The first-order valence-electron chi connectivity index (χ1n) is 8.16. The van der Waals surface area contributed by atoms with Crippen molar-refractivity contribution >= 4 is 34.3 Å². The zero-order chi connectivity index (χ0) is 18.4. The molecule has 1 N–H and O–H groups in total. The smallest absolute Gasteiger partial charge is 0.419 e. The van der Waals surface area contributed by atoms with Gasteiger partial charge in [0.05, 0.1) is 11.9 Å². The van der Waals surface area contributed by atoms with Crippen molar-refractivity contribution in [3.05, 3.63) is 57.2 Å². The number of thiophene rings is 1. The largest absolute Gasteiger partial charge is 0.456 e. The number of nitrogens with zero attached hydrogens (tertiary/aromatic N) is 1. The predicted octanol–water partition coefficient (Wildman–Crippen LogP) is 1.95. The van der Waals surface area contributed by atoms with E-state index in [0.29, 0.717) is 17.6 Å². The monoisotopic (exact) mass is 374 g/mol. The molecule has 2 aromatic heterocycles. The third-order valence-electron chi connectivity index (χ3n) is 3.75. The number of oxazole rings is 1. The van der Waals surface area contributed by atoms with Gasteiger partial charge in [-0.1, -0.05) is 18.2 Å². The Balaban J connectivity index is 1.40. The van der Waals surface area contributed by atoms with Crippen LogP contribution in [0.15, 0.2) is 51.0 Å². The number of hydrogen-bond donors (Lipinski definition) is 1. The number of benzene rings is 1. The molecule has 0 aliphatic rings. The highest BCUT2D eigenvalue weighted by molar-refractivity contribution is 7.09. The van der Waals surface area contributed by atoms with E-state index in [1.54, 1.807) is 35.6 Å². The molecule has 26 heavy (non-hydrogen) atoms. The minimum atomic E-state index is -0.546. The molecular formula is C18H18N2O5S. The fourth-order valence-corrected chi connectivity index (χ4v) is 3.19. The fraction of sp³-hybridized carbons (Fsp3) is 0.278. The third-order valence-corrected chi connectivity index (χ3v) is 4.69. The average Bonchev–Trinajstić information content (AvgIpc) is 3.25. The molecule has 8 heteroatoms. The normalized spacial score (nSPS) is 10.8. The third kappa shape index (κ3) is 4.60. The van der Waals surface area contributed by atoms with Gasteiger partial charge in [0.25, 0.3) is 5.91 Å². The topological polar surface area (TPSA) is 90.5 Å². The second kappa shape index (κ2) is 8.48. The Bertz CT molecular complexity index is 942. The summed E-state index contributed by atoms with van der Waals surface area (Å²) in [5, 5.41) is 4.68. The van der Waals surface area contributed by atoms with Crippen molar-refractivity contribution in [2.75, 3.05) is 13.2 Å². The number of fused-ring (bicyclic) bond motifs is 1. The number of nitrogens with one attached hydrogen (secondary N) is 1. The van der Waals surface area contributed by atoms with Gasteiger partial charge < -0.3 is 14.5 Å². The number of hydrogen-bond acceptors (Lipinski definition) is 6. The molecule has 0 bridgehead atoms. The second-order valence-corrected chi connectivity index (χ2v) is 6.61. The van der Waals surface area contributed by atoms with Crippen molar-refractivity contribution in [3.63, 3.8) is 0 Å². The van der Waals surface area contributed by atoms with Gasteiger partial charge in [-0.05, 0) is 30.0 Å². The molecule has 0 unspecified atom stereocenters. The molecule has 0 radical (unpaired) electrons. The maximum Gasteiger partial charge on any atom is 0.419 e. The summed E-state index contributed by atoms with van der Waals surface area (Å²) in [5.74, 6) is -1.42. The number of aromatic nitrogens is 1. The van der Waals surface area contributed by atoms with Gasteiger partial charge in [-0.2, -0.15) is 0 Å². The molecule has 3 rings (SSSR count). The van der Waals surface area contributed by atoms with Gasteiger partial charge in [0.2, 0.25) is 0 Å². The lowest BCUT2D eigenvalue weighted by Crippen LogP contribution is -2.30. The first kappa shape index (κ1) is 17.9. The Morgan fingerprint density at radius 2 is 2.04 bits per heavy atom. The van der Waals surface area contributed by atoms with Crippen molar-refractivity contribution < 1.29 is 18.7 Å². The molecule has 0 aliphatic carbocycles. The zero-order valence-electron chi connectivity index (χ0n) is 14.0. The Hall–Kier alpha value is -2.87. The van der Waals surface area contributed by atoms with Crippen molar-refractivity contribution in [2.24, 2.45) is 0 Å². The second-order valence-electron chi connectivity index (χ2n) is 5.58. The molecule has 0 saturated heterocycles. The summed E-state index contributed by atoms with van der Waals surface area (Å²) >= 11 is 1.63. The summed E-state index contributed by atoms with van der Waals surface area (Å²) in [7, 11) is 0. The van der Waals surface area contributed by atoms with Crippen LogP contribution in [0.5, 0.6) is 0 Å². The van der Waals surface area contributed by atoms with Gasteiger partial charge in [0, 0.05) is 18.0 Å². The number of para-hydroxylation sites is 2. The van der Waals surface area contributed by atoms with Gasteiger partial charge in [-0.3, -0.25) is 14.2 Å². The van der Waals surface area contributed by atoms with Crippen molar-refractivity contribution in [1.29, 1.82) is 0 Å². The lowest BCUT2D eigenvalue weighted by atomic mass is 10.3. The van der Waals surface area contributed by atoms with Crippen LogP contribution in [0.4, 0.5) is 0 Å². The number of ether oxygens (including phenoxy) is 1. The molecular weight excluding hydrogens is 356 g/mol. The van der Waals surface area contributed by atoms with Crippen LogP contribution in [0.25, 0.3) is 11.1 Å². The highest BCUT2D eigenvalue weighted by atomic mass is 32.1. The van der Waals surface area contributed by atoms with Crippen LogP contribution in [0.1, 0.15) is 11.3 Å². The molecule has 0 fully saturated rings.